The van der Waals surface area contributed by atoms with Crippen LogP contribution in [0.15, 0.2) is 53.4 Å². The molecule has 0 aromatic heterocycles. The van der Waals surface area contributed by atoms with Crippen molar-refractivity contribution in [2.75, 3.05) is 7.11 Å². The van der Waals surface area contributed by atoms with E-state index in [4.69, 9.17) is 4.74 Å². The topological polar surface area (TPSA) is 9.23 Å². The van der Waals surface area contributed by atoms with Crippen LogP contribution in [-0.2, 0) is 11.2 Å². The molecule has 0 bridgehead atoms. The van der Waals surface area contributed by atoms with Gasteiger partial charge in [0.15, 0.2) is 0 Å². The van der Waals surface area contributed by atoms with Crippen LogP contribution in [0.4, 0.5) is 0 Å². The van der Waals surface area contributed by atoms with E-state index in [9.17, 15) is 0 Å². The zero-order valence-corrected chi connectivity index (χ0v) is 16.4. The van der Waals surface area contributed by atoms with Gasteiger partial charge in [0.2, 0.25) is 0 Å². The van der Waals surface area contributed by atoms with E-state index in [1.165, 1.54) is 61.0 Å². The van der Waals surface area contributed by atoms with E-state index in [0.29, 0.717) is 5.41 Å². The fourth-order valence-corrected chi connectivity index (χ4v) is 4.89. The first kappa shape index (κ1) is 18.4. The molecule has 3 rings (SSSR count). The summed E-state index contributed by atoms with van der Waals surface area (Å²) in [5, 5.41) is 0. The van der Waals surface area contributed by atoms with Gasteiger partial charge in [-0.2, -0.15) is 0 Å². The van der Waals surface area contributed by atoms with E-state index < -0.39 is 0 Å². The zero-order valence-electron chi connectivity index (χ0n) is 15.6. The summed E-state index contributed by atoms with van der Waals surface area (Å²) < 4.78 is 5.63. The molecular formula is C23H30OS. The Balaban J connectivity index is 1.81. The quantitative estimate of drug-likeness (QED) is 0.535. The Kier molecular flexibility index (Phi) is 6.47. The largest absolute Gasteiger partial charge is 0.496 e. The fraction of sp³-hybridized carbons (Fsp3) is 0.478. The summed E-state index contributed by atoms with van der Waals surface area (Å²) >= 11 is 1.89. The summed E-state index contributed by atoms with van der Waals surface area (Å²) in [6, 6.07) is 17.6. The van der Waals surface area contributed by atoms with Crippen molar-refractivity contribution in [2.45, 2.75) is 67.9 Å². The van der Waals surface area contributed by atoms with Gasteiger partial charge in [0.25, 0.3) is 0 Å². The maximum atomic E-state index is 5.63. The molecule has 0 heterocycles. The van der Waals surface area contributed by atoms with Crippen LogP contribution in [0.2, 0.25) is 0 Å². The van der Waals surface area contributed by atoms with Gasteiger partial charge in [0.05, 0.1) is 7.11 Å². The first-order valence-electron chi connectivity index (χ1n) is 9.56. The van der Waals surface area contributed by atoms with Crippen LogP contribution >= 0.6 is 11.8 Å². The highest BCUT2D eigenvalue weighted by molar-refractivity contribution is 7.98. The molecule has 1 nitrogen and oxygen atoms in total. The van der Waals surface area contributed by atoms with Crippen LogP contribution in [0, 0.1) is 0 Å². The van der Waals surface area contributed by atoms with Crippen LogP contribution < -0.4 is 4.74 Å². The summed E-state index contributed by atoms with van der Waals surface area (Å²) in [7, 11) is 1.78. The summed E-state index contributed by atoms with van der Waals surface area (Å²) in [6.45, 7) is 2.46. The van der Waals surface area contributed by atoms with Gasteiger partial charge < -0.3 is 4.74 Å². The number of benzene rings is 2. The highest BCUT2D eigenvalue weighted by Crippen LogP contribution is 2.41. The minimum atomic E-state index is 0.314. The monoisotopic (exact) mass is 354 g/mol. The molecule has 0 N–H and O–H groups in total. The molecule has 1 aliphatic rings. The van der Waals surface area contributed by atoms with Gasteiger partial charge in [-0.15, -0.1) is 11.8 Å². The Hall–Kier alpha value is -1.41. The van der Waals surface area contributed by atoms with Gasteiger partial charge in [-0.05, 0) is 41.5 Å². The Morgan fingerprint density at radius 3 is 2.28 bits per heavy atom. The van der Waals surface area contributed by atoms with Crippen molar-refractivity contribution in [3.8, 4) is 5.75 Å². The molecule has 2 aromatic rings. The molecule has 0 unspecified atom stereocenters. The van der Waals surface area contributed by atoms with Crippen LogP contribution in [0.1, 0.15) is 63.0 Å². The van der Waals surface area contributed by atoms with Crippen molar-refractivity contribution in [3.05, 3.63) is 59.7 Å². The number of thioether (sulfide) groups is 1. The van der Waals surface area contributed by atoms with Crippen molar-refractivity contribution in [3.63, 3.8) is 0 Å². The molecule has 0 radical (unpaired) electrons. The van der Waals surface area contributed by atoms with Gasteiger partial charge in [0, 0.05) is 10.6 Å². The first-order valence-corrected chi connectivity index (χ1v) is 10.6. The Bertz CT molecular complexity index is 657. The van der Waals surface area contributed by atoms with E-state index in [0.717, 1.165) is 11.5 Å². The third-order valence-electron chi connectivity index (χ3n) is 5.55. The van der Waals surface area contributed by atoms with Gasteiger partial charge >= 0.3 is 0 Å². The molecule has 1 fully saturated rings. The second kappa shape index (κ2) is 8.80. The lowest BCUT2D eigenvalue weighted by molar-refractivity contribution is 0.339. The summed E-state index contributed by atoms with van der Waals surface area (Å²) in [6.07, 6.45) is 9.52. The van der Waals surface area contributed by atoms with Gasteiger partial charge in [-0.25, -0.2) is 0 Å². The molecule has 2 aromatic carbocycles. The average molecular weight is 355 g/mol. The predicted molar refractivity (Wildman–Crippen MR) is 109 cm³/mol. The van der Waals surface area contributed by atoms with Crippen LogP contribution in [0.5, 0.6) is 5.75 Å². The molecule has 1 saturated carbocycles. The number of rotatable bonds is 5. The van der Waals surface area contributed by atoms with Crippen molar-refractivity contribution >= 4 is 11.8 Å². The Morgan fingerprint density at radius 2 is 1.60 bits per heavy atom. The Labute approximate surface area is 157 Å². The number of methoxy groups -OCH3 is 1. The summed E-state index contributed by atoms with van der Waals surface area (Å²) in [5.74, 6) is 1.98. The molecule has 134 valence electrons. The first-order chi connectivity index (χ1) is 12.2. The lowest BCUT2D eigenvalue weighted by atomic mass is 9.73. The maximum Gasteiger partial charge on any atom is 0.132 e. The smallest absolute Gasteiger partial charge is 0.132 e. The third kappa shape index (κ3) is 4.82. The van der Waals surface area contributed by atoms with E-state index in [1.807, 2.05) is 11.8 Å². The highest BCUT2D eigenvalue weighted by Gasteiger charge is 2.27. The second-order valence-electron chi connectivity index (χ2n) is 7.47. The predicted octanol–water partition coefficient (Wildman–Crippen LogP) is 6.99. The second-order valence-corrected chi connectivity index (χ2v) is 8.49. The number of hydrogen-bond donors (Lipinski definition) is 0. The van der Waals surface area contributed by atoms with Crippen LogP contribution in [0.3, 0.4) is 0 Å². The molecule has 0 amide bonds. The molecule has 0 saturated heterocycles. The highest BCUT2D eigenvalue weighted by atomic mass is 32.2. The average Bonchev–Trinajstić information content (AvgIpc) is 2.64. The standard InChI is InChI=1S/C23H30OS/c1-23(15-9-4-3-5-10-16-23)20-13-14-21(24-2)22(17-20)25-18-19-11-7-6-8-12-19/h6-8,11-14,17H,3-5,9-10,15-16,18H2,1-2H3. The molecule has 0 spiro atoms. The van der Waals surface area contributed by atoms with Gasteiger partial charge in [-0.3, -0.25) is 0 Å². The van der Waals surface area contributed by atoms with Gasteiger partial charge in [0.1, 0.15) is 5.75 Å². The lowest BCUT2D eigenvalue weighted by Crippen LogP contribution is -2.23. The maximum absolute atomic E-state index is 5.63. The Morgan fingerprint density at radius 1 is 0.920 bits per heavy atom. The molecule has 1 aliphatic carbocycles. The van der Waals surface area contributed by atoms with Crippen molar-refractivity contribution in [1.82, 2.24) is 0 Å². The van der Waals surface area contributed by atoms with Crippen molar-refractivity contribution in [1.29, 1.82) is 0 Å². The number of ether oxygens (including phenoxy) is 1. The fourth-order valence-electron chi connectivity index (χ4n) is 3.87. The molecule has 0 aliphatic heterocycles. The van der Waals surface area contributed by atoms with Crippen molar-refractivity contribution < 1.29 is 4.74 Å². The van der Waals surface area contributed by atoms with E-state index in [2.05, 4.69) is 55.5 Å². The number of hydrogen-bond acceptors (Lipinski definition) is 2. The van der Waals surface area contributed by atoms with Crippen LogP contribution in [-0.4, -0.2) is 7.11 Å². The summed E-state index contributed by atoms with van der Waals surface area (Å²) in [5.41, 5.74) is 3.16. The van der Waals surface area contributed by atoms with Crippen LogP contribution in [0.25, 0.3) is 0 Å². The SMILES string of the molecule is COc1ccc(C2(C)CCCCCCC2)cc1SCc1ccccc1. The van der Waals surface area contributed by atoms with Gasteiger partial charge in [-0.1, -0.05) is 75.4 Å². The minimum Gasteiger partial charge on any atom is -0.496 e. The zero-order chi connectivity index (χ0) is 17.5. The molecular weight excluding hydrogens is 324 g/mol. The van der Waals surface area contributed by atoms with E-state index >= 15 is 0 Å². The normalized spacial score (nSPS) is 17.5. The molecule has 0 atom stereocenters. The molecule has 2 heteroatoms. The lowest BCUT2D eigenvalue weighted by Gasteiger charge is -2.32. The minimum absolute atomic E-state index is 0.314. The molecule has 25 heavy (non-hydrogen) atoms. The van der Waals surface area contributed by atoms with E-state index in [-0.39, 0.29) is 0 Å². The van der Waals surface area contributed by atoms with E-state index in [1.54, 1.807) is 7.11 Å². The third-order valence-corrected chi connectivity index (χ3v) is 6.66. The van der Waals surface area contributed by atoms with Crippen molar-refractivity contribution in [2.24, 2.45) is 0 Å². The summed E-state index contributed by atoms with van der Waals surface area (Å²) in [4.78, 5) is 1.27.